The third-order valence-electron chi connectivity index (χ3n) is 4.39. The highest BCUT2D eigenvalue weighted by atomic mass is 16.6. The van der Waals surface area contributed by atoms with Crippen molar-refractivity contribution in [1.29, 1.82) is 0 Å². The first kappa shape index (κ1) is 15.2. The zero-order valence-electron chi connectivity index (χ0n) is 13.7. The third kappa shape index (κ3) is 3.36. The van der Waals surface area contributed by atoms with Crippen molar-refractivity contribution < 1.29 is 9.53 Å². The second-order valence-corrected chi connectivity index (χ2v) is 7.31. The van der Waals surface area contributed by atoms with Gasteiger partial charge in [-0.25, -0.2) is 9.78 Å². The van der Waals surface area contributed by atoms with E-state index in [0.717, 1.165) is 44.8 Å². The van der Waals surface area contributed by atoms with Crippen LogP contribution in [0.4, 0.5) is 10.7 Å². The van der Waals surface area contributed by atoms with Gasteiger partial charge in [-0.05, 0) is 46.0 Å². The van der Waals surface area contributed by atoms with E-state index in [1.807, 2.05) is 38.1 Å². The number of imidazole rings is 1. The fourth-order valence-corrected chi connectivity index (χ4v) is 3.33. The number of aryl methyl sites for hydroxylation is 1. The highest BCUT2D eigenvalue weighted by Gasteiger charge is 2.33. The summed E-state index contributed by atoms with van der Waals surface area (Å²) in [6, 6.07) is 0.389. The number of hydrogen-bond donors (Lipinski definition) is 1. The number of anilines is 1. The third-order valence-corrected chi connectivity index (χ3v) is 4.39. The predicted molar refractivity (Wildman–Crippen MR) is 84.8 cm³/mol. The molecule has 3 rings (SSSR count). The van der Waals surface area contributed by atoms with Crippen molar-refractivity contribution in [2.75, 3.05) is 18.4 Å². The Kier molecular flexibility index (Phi) is 4.02. The van der Waals surface area contributed by atoms with E-state index in [9.17, 15) is 4.79 Å². The van der Waals surface area contributed by atoms with Crippen LogP contribution in [-0.2, 0) is 11.3 Å². The van der Waals surface area contributed by atoms with Crippen LogP contribution in [0.15, 0.2) is 12.4 Å². The van der Waals surface area contributed by atoms with Crippen LogP contribution in [0.3, 0.4) is 0 Å². The van der Waals surface area contributed by atoms with Crippen LogP contribution in [0.5, 0.6) is 0 Å². The van der Waals surface area contributed by atoms with Gasteiger partial charge >= 0.3 is 6.09 Å². The van der Waals surface area contributed by atoms with E-state index in [0.29, 0.717) is 12.0 Å². The number of ether oxygens (including phenoxy) is 1. The fourth-order valence-electron chi connectivity index (χ4n) is 3.33. The zero-order valence-corrected chi connectivity index (χ0v) is 13.7. The van der Waals surface area contributed by atoms with E-state index < -0.39 is 5.60 Å². The normalized spacial score (nSPS) is 25.3. The molecule has 2 aliphatic rings. The average molecular weight is 306 g/mol. The van der Waals surface area contributed by atoms with Gasteiger partial charge in [0.2, 0.25) is 5.95 Å². The van der Waals surface area contributed by atoms with E-state index in [1.165, 1.54) is 0 Å². The predicted octanol–water partition coefficient (Wildman–Crippen LogP) is 2.71. The number of carbonyl (C=O) groups excluding carboxylic acids is 1. The highest BCUT2D eigenvalue weighted by molar-refractivity contribution is 5.68. The summed E-state index contributed by atoms with van der Waals surface area (Å²) in [6.45, 7) is 8.30. The maximum Gasteiger partial charge on any atom is 0.410 e. The van der Waals surface area contributed by atoms with Crippen LogP contribution in [0, 0.1) is 5.92 Å². The summed E-state index contributed by atoms with van der Waals surface area (Å²) < 4.78 is 7.65. The second kappa shape index (κ2) is 5.82. The number of likely N-dealkylation sites (tertiary alicyclic amines) is 1. The molecule has 6 nitrogen and oxygen atoms in total. The number of hydrogen-bond acceptors (Lipinski definition) is 4. The molecular formula is C16H26N4O2. The molecule has 0 aliphatic carbocycles. The SMILES string of the molecule is CC(C)(C)OC(=O)N1CCCC(C2CCn3ccnc3N2)C1. The van der Waals surface area contributed by atoms with Crippen molar-refractivity contribution in [1.82, 2.24) is 14.5 Å². The first-order valence-electron chi connectivity index (χ1n) is 8.18. The molecule has 2 aliphatic heterocycles. The molecule has 1 aromatic rings. The molecule has 0 aromatic carbocycles. The smallest absolute Gasteiger partial charge is 0.410 e. The van der Waals surface area contributed by atoms with Crippen LogP contribution in [0.1, 0.15) is 40.0 Å². The topological polar surface area (TPSA) is 59.4 Å². The molecule has 2 unspecified atom stereocenters. The number of piperidine rings is 1. The van der Waals surface area contributed by atoms with Gasteiger partial charge in [-0.15, -0.1) is 0 Å². The van der Waals surface area contributed by atoms with Gasteiger partial charge in [-0.3, -0.25) is 0 Å². The molecule has 1 saturated heterocycles. The van der Waals surface area contributed by atoms with Gasteiger partial charge in [-0.1, -0.05) is 0 Å². The number of rotatable bonds is 1. The van der Waals surface area contributed by atoms with Crippen LogP contribution < -0.4 is 5.32 Å². The molecule has 22 heavy (non-hydrogen) atoms. The van der Waals surface area contributed by atoms with Gasteiger partial charge in [0, 0.05) is 38.1 Å². The Hall–Kier alpha value is -1.72. The maximum atomic E-state index is 12.3. The summed E-state index contributed by atoms with van der Waals surface area (Å²) >= 11 is 0. The molecule has 0 saturated carbocycles. The lowest BCUT2D eigenvalue weighted by Gasteiger charge is -2.39. The summed E-state index contributed by atoms with van der Waals surface area (Å²) in [4.78, 5) is 18.5. The maximum absolute atomic E-state index is 12.3. The highest BCUT2D eigenvalue weighted by Crippen LogP contribution is 2.28. The van der Waals surface area contributed by atoms with Crippen molar-refractivity contribution in [3.8, 4) is 0 Å². The van der Waals surface area contributed by atoms with Crippen LogP contribution >= 0.6 is 0 Å². The monoisotopic (exact) mass is 306 g/mol. The molecule has 122 valence electrons. The van der Waals surface area contributed by atoms with Crippen molar-refractivity contribution >= 4 is 12.0 Å². The van der Waals surface area contributed by atoms with Crippen molar-refractivity contribution in [2.24, 2.45) is 5.92 Å². The van der Waals surface area contributed by atoms with Crippen LogP contribution in [0.2, 0.25) is 0 Å². The minimum atomic E-state index is -0.433. The Labute approximate surface area is 131 Å². The number of nitrogens with one attached hydrogen (secondary N) is 1. The molecule has 6 heteroatoms. The first-order chi connectivity index (χ1) is 10.4. The largest absolute Gasteiger partial charge is 0.444 e. The first-order valence-corrected chi connectivity index (χ1v) is 8.18. The zero-order chi connectivity index (χ0) is 15.7. The molecule has 1 amide bonds. The van der Waals surface area contributed by atoms with E-state index in [1.54, 1.807) is 0 Å². The number of aromatic nitrogens is 2. The van der Waals surface area contributed by atoms with Crippen molar-refractivity contribution in [3.63, 3.8) is 0 Å². The molecule has 1 aromatic heterocycles. The molecule has 0 radical (unpaired) electrons. The van der Waals surface area contributed by atoms with Crippen molar-refractivity contribution in [3.05, 3.63) is 12.4 Å². The van der Waals surface area contributed by atoms with Gasteiger partial charge in [0.25, 0.3) is 0 Å². The lowest BCUT2D eigenvalue weighted by atomic mass is 9.88. The van der Waals surface area contributed by atoms with E-state index >= 15 is 0 Å². The average Bonchev–Trinajstić information content (AvgIpc) is 2.93. The summed E-state index contributed by atoms with van der Waals surface area (Å²) in [7, 11) is 0. The number of carbonyl (C=O) groups is 1. The molecule has 0 spiro atoms. The fraction of sp³-hybridized carbons (Fsp3) is 0.750. The van der Waals surface area contributed by atoms with Crippen LogP contribution in [-0.4, -0.2) is 45.3 Å². The van der Waals surface area contributed by atoms with Gasteiger partial charge in [0.1, 0.15) is 5.60 Å². The van der Waals surface area contributed by atoms with Gasteiger partial charge < -0.3 is 19.5 Å². The molecule has 3 heterocycles. The Balaban J connectivity index is 1.60. The van der Waals surface area contributed by atoms with E-state index in [-0.39, 0.29) is 6.09 Å². The van der Waals surface area contributed by atoms with Gasteiger partial charge in [0.15, 0.2) is 0 Å². The summed E-state index contributed by atoms with van der Waals surface area (Å²) in [6.07, 6.45) is 6.92. The minimum Gasteiger partial charge on any atom is -0.444 e. The standard InChI is InChI=1S/C16H26N4O2/c1-16(2,3)22-15(21)20-8-4-5-12(11-20)13-6-9-19-10-7-17-14(19)18-13/h7,10,12-13H,4-6,8-9,11H2,1-3H3,(H,17,18). The Morgan fingerprint density at radius 1 is 1.36 bits per heavy atom. The molecule has 0 bridgehead atoms. The van der Waals surface area contributed by atoms with E-state index in [2.05, 4.69) is 14.9 Å². The summed E-state index contributed by atoms with van der Waals surface area (Å²) in [5.74, 6) is 1.41. The summed E-state index contributed by atoms with van der Waals surface area (Å²) in [5.41, 5.74) is -0.433. The lowest BCUT2D eigenvalue weighted by Crippen LogP contribution is -2.48. The molecule has 2 atom stereocenters. The van der Waals surface area contributed by atoms with Gasteiger partial charge in [-0.2, -0.15) is 0 Å². The van der Waals surface area contributed by atoms with E-state index in [4.69, 9.17) is 4.74 Å². The molecule has 1 fully saturated rings. The van der Waals surface area contributed by atoms with Gasteiger partial charge in [0.05, 0.1) is 0 Å². The number of amides is 1. The Bertz CT molecular complexity index is 534. The number of nitrogens with zero attached hydrogens (tertiary/aromatic N) is 3. The Morgan fingerprint density at radius 2 is 2.18 bits per heavy atom. The molecule has 1 N–H and O–H groups in total. The second-order valence-electron chi connectivity index (χ2n) is 7.31. The van der Waals surface area contributed by atoms with Crippen LogP contribution in [0.25, 0.3) is 0 Å². The quantitative estimate of drug-likeness (QED) is 0.866. The number of fused-ring (bicyclic) bond motifs is 1. The lowest BCUT2D eigenvalue weighted by molar-refractivity contribution is 0.0153. The summed E-state index contributed by atoms with van der Waals surface area (Å²) in [5, 5.41) is 3.53. The Morgan fingerprint density at radius 3 is 2.95 bits per heavy atom. The molecular weight excluding hydrogens is 280 g/mol. The van der Waals surface area contributed by atoms with Crippen molar-refractivity contribution in [2.45, 2.75) is 58.2 Å². The minimum absolute atomic E-state index is 0.186.